The van der Waals surface area contributed by atoms with E-state index in [9.17, 15) is 28.2 Å². The summed E-state index contributed by atoms with van der Waals surface area (Å²) in [5.41, 5.74) is -0.274. The maximum atomic E-state index is 12.8. The van der Waals surface area contributed by atoms with Crippen molar-refractivity contribution in [3.63, 3.8) is 0 Å². The summed E-state index contributed by atoms with van der Waals surface area (Å²) in [6, 6.07) is 0. The predicted octanol–water partition coefficient (Wildman–Crippen LogP) is -0.338. The number of piperidine rings is 1. The van der Waals surface area contributed by atoms with Crippen molar-refractivity contribution in [1.82, 2.24) is 24.1 Å². The lowest BCUT2D eigenvalue weighted by Crippen LogP contribution is -2.53. The van der Waals surface area contributed by atoms with Crippen LogP contribution in [-0.4, -0.2) is 137 Å². The van der Waals surface area contributed by atoms with E-state index >= 15 is 0 Å². The molecule has 2 N–H and O–H groups in total. The average Bonchev–Trinajstić information content (AvgIpc) is 3.58. The van der Waals surface area contributed by atoms with Crippen LogP contribution in [0.4, 0.5) is 10.6 Å². The van der Waals surface area contributed by atoms with Crippen LogP contribution in [-0.2, 0) is 19.6 Å². The van der Waals surface area contributed by atoms with E-state index in [0.717, 1.165) is 25.7 Å². The molecule has 3 saturated heterocycles. The minimum Gasteiger partial charge on any atom is -0.476 e. The summed E-state index contributed by atoms with van der Waals surface area (Å²) in [6.45, 7) is 4.79. The van der Waals surface area contributed by atoms with E-state index in [1.165, 1.54) is 21.6 Å². The molecule has 3 aliphatic heterocycles. The summed E-state index contributed by atoms with van der Waals surface area (Å²) >= 11 is 0. The third kappa shape index (κ3) is 7.63. The van der Waals surface area contributed by atoms with Crippen LogP contribution in [0.5, 0.6) is 5.88 Å². The highest BCUT2D eigenvalue weighted by Gasteiger charge is 2.43. The Balaban J connectivity index is 1.02. The number of aliphatic hydroxyl groups excluding tert-OH is 2. The van der Waals surface area contributed by atoms with Gasteiger partial charge in [0.2, 0.25) is 21.8 Å². The van der Waals surface area contributed by atoms with Crippen LogP contribution >= 0.6 is 0 Å². The van der Waals surface area contributed by atoms with Crippen LogP contribution in [0.3, 0.4) is 0 Å². The van der Waals surface area contributed by atoms with Gasteiger partial charge in [0, 0.05) is 39.3 Å². The predicted molar refractivity (Wildman–Crippen MR) is 147 cm³/mol. The Hall–Kier alpha value is -2.59. The van der Waals surface area contributed by atoms with Crippen LogP contribution in [0.2, 0.25) is 0 Å². The molecule has 0 bridgehead atoms. The number of sulfonamides is 1. The second kappa shape index (κ2) is 12.3. The molecule has 0 aromatic carbocycles. The second-order valence-electron chi connectivity index (χ2n) is 11.7. The Bertz CT molecular complexity index is 1180. The first kappa shape index (κ1) is 29.9. The van der Waals surface area contributed by atoms with Crippen molar-refractivity contribution in [1.29, 1.82) is 0 Å². The molecule has 1 aromatic rings. The highest BCUT2D eigenvalue weighted by molar-refractivity contribution is 7.89. The summed E-state index contributed by atoms with van der Waals surface area (Å²) in [5.74, 6) is 0.458. The van der Waals surface area contributed by atoms with Gasteiger partial charge in [-0.25, -0.2) is 23.2 Å². The first-order chi connectivity index (χ1) is 19.5. The molecule has 4 fully saturated rings. The molecular formula is C26H40N6O8S. The van der Waals surface area contributed by atoms with Gasteiger partial charge in [0.15, 0.2) is 5.82 Å². The minimum atomic E-state index is -3.63. The number of hydrogen-bond acceptors (Lipinski definition) is 11. The van der Waals surface area contributed by atoms with Gasteiger partial charge in [0.25, 0.3) is 0 Å². The number of nitrogens with zero attached hydrogens (tertiary/aromatic N) is 6. The molecule has 5 rings (SSSR count). The molecule has 4 aliphatic rings. The molecule has 0 unspecified atom stereocenters. The zero-order valence-corrected chi connectivity index (χ0v) is 24.2. The van der Waals surface area contributed by atoms with E-state index in [0.29, 0.717) is 57.4 Å². The van der Waals surface area contributed by atoms with Gasteiger partial charge in [-0.15, -0.1) is 0 Å². The summed E-state index contributed by atoms with van der Waals surface area (Å²) in [4.78, 5) is 38.7. The monoisotopic (exact) mass is 596 g/mol. The number of carbonyl (C=O) groups excluding carboxylic acids is 2. The Labute approximate surface area is 240 Å². The summed E-state index contributed by atoms with van der Waals surface area (Å²) < 4.78 is 38.2. The fourth-order valence-electron chi connectivity index (χ4n) is 5.32. The SMILES string of the molecule is CC1(OC(=O)N2CCC(COc3cnc(N4CCN(S(=O)(=O)CCCN5C[C@@H](O)[C@H](O)C5)CC4=O)cn3)CC2)CC1. The number of anilines is 1. The van der Waals surface area contributed by atoms with Gasteiger partial charge in [-0.1, -0.05) is 0 Å². The Morgan fingerprint density at radius 2 is 1.78 bits per heavy atom. The number of ether oxygens (including phenoxy) is 2. The van der Waals surface area contributed by atoms with Crippen molar-refractivity contribution in [3.05, 3.63) is 12.4 Å². The Kier molecular flexibility index (Phi) is 8.99. The fourth-order valence-corrected chi connectivity index (χ4v) is 6.74. The van der Waals surface area contributed by atoms with Gasteiger partial charge < -0.3 is 24.6 Å². The van der Waals surface area contributed by atoms with Crippen molar-refractivity contribution in [2.75, 3.05) is 69.6 Å². The molecule has 0 spiro atoms. The molecule has 15 heteroatoms. The first-order valence-corrected chi connectivity index (χ1v) is 15.9. The normalized spacial score (nSPS) is 25.9. The molecule has 14 nitrogen and oxygen atoms in total. The summed E-state index contributed by atoms with van der Waals surface area (Å²) in [6.07, 6.45) is 4.87. The van der Waals surface area contributed by atoms with Crippen LogP contribution in [0.25, 0.3) is 0 Å². The molecule has 41 heavy (non-hydrogen) atoms. The number of hydrogen-bond donors (Lipinski definition) is 2. The number of aliphatic hydroxyl groups is 2. The molecule has 4 heterocycles. The van der Waals surface area contributed by atoms with Crippen LogP contribution in [0, 0.1) is 5.92 Å². The van der Waals surface area contributed by atoms with Crippen LogP contribution in [0.15, 0.2) is 12.4 Å². The second-order valence-corrected chi connectivity index (χ2v) is 13.8. The largest absolute Gasteiger partial charge is 0.476 e. The fraction of sp³-hybridized carbons (Fsp3) is 0.769. The third-order valence-corrected chi connectivity index (χ3v) is 10.2. The van der Waals surface area contributed by atoms with Crippen molar-refractivity contribution in [2.24, 2.45) is 5.92 Å². The van der Waals surface area contributed by atoms with Crippen molar-refractivity contribution in [2.45, 2.75) is 56.8 Å². The average molecular weight is 597 g/mol. The number of aromatic nitrogens is 2. The van der Waals surface area contributed by atoms with Gasteiger partial charge in [0.05, 0.1) is 43.5 Å². The van der Waals surface area contributed by atoms with Gasteiger partial charge in [-0.05, 0) is 51.5 Å². The van der Waals surface area contributed by atoms with Crippen molar-refractivity contribution < 1.29 is 37.7 Å². The number of carbonyl (C=O) groups is 2. The highest BCUT2D eigenvalue weighted by atomic mass is 32.2. The maximum absolute atomic E-state index is 12.8. The van der Waals surface area contributed by atoms with Gasteiger partial charge in [-0.2, -0.15) is 4.31 Å². The third-order valence-electron chi connectivity index (χ3n) is 8.31. The molecule has 0 radical (unpaired) electrons. The van der Waals surface area contributed by atoms with E-state index in [-0.39, 0.29) is 48.9 Å². The zero-order valence-electron chi connectivity index (χ0n) is 23.4. The molecule has 1 aromatic heterocycles. The van der Waals surface area contributed by atoms with E-state index in [1.54, 1.807) is 4.90 Å². The Morgan fingerprint density at radius 1 is 1.07 bits per heavy atom. The number of amides is 2. The number of β-amino-alcohol motifs (C(OH)–C–C–N with tert-alkyl or cyclic N) is 2. The van der Waals surface area contributed by atoms with Gasteiger partial charge >= 0.3 is 6.09 Å². The maximum Gasteiger partial charge on any atom is 0.410 e. The smallest absolute Gasteiger partial charge is 0.410 e. The summed E-state index contributed by atoms with van der Waals surface area (Å²) in [7, 11) is -3.63. The zero-order chi connectivity index (χ0) is 29.2. The Morgan fingerprint density at radius 3 is 2.39 bits per heavy atom. The van der Waals surface area contributed by atoms with Crippen molar-refractivity contribution in [3.8, 4) is 5.88 Å². The van der Waals surface area contributed by atoms with Gasteiger partial charge in [0.1, 0.15) is 5.60 Å². The van der Waals surface area contributed by atoms with Crippen LogP contribution < -0.4 is 9.64 Å². The number of likely N-dealkylation sites (tertiary alicyclic amines) is 2. The quantitative estimate of drug-likeness (QED) is 0.363. The minimum absolute atomic E-state index is 0.114. The van der Waals surface area contributed by atoms with E-state index in [4.69, 9.17) is 9.47 Å². The highest BCUT2D eigenvalue weighted by Crippen LogP contribution is 2.39. The first-order valence-electron chi connectivity index (χ1n) is 14.3. The molecular weight excluding hydrogens is 556 g/mol. The van der Waals surface area contributed by atoms with Crippen molar-refractivity contribution >= 4 is 27.8 Å². The molecule has 2 atom stereocenters. The lowest BCUT2D eigenvalue weighted by molar-refractivity contribution is -0.120. The lowest BCUT2D eigenvalue weighted by Gasteiger charge is -2.33. The standard InChI is InChI=1S/C26H40N6O8S/c1-26(5-6-26)40-25(36)30-8-3-19(4-9-30)18-39-23-14-27-22(13-28-23)32-11-10-31(17-24(32)35)41(37,38)12-2-7-29-15-20(33)21(34)16-29/h13-14,19-21,33-34H,2-12,15-18H2,1H3/t20-,21-/m1/s1. The number of rotatable bonds is 10. The van der Waals surface area contributed by atoms with E-state index in [2.05, 4.69) is 9.97 Å². The molecule has 2 amide bonds. The molecule has 1 saturated carbocycles. The molecule has 1 aliphatic carbocycles. The van der Waals surface area contributed by atoms with Gasteiger partial charge in [-0.3, -0.25) is 14.6 Å². The van der Waals surface area contributed by atoms with E-state index in [1.807, 2.05) is 11.8 Å². The topological polar surface area (TPSA) is 166 Å². The number of piperazine rings is 1. The lowest BCUT2D eigenvalue weighted by atomic mass is 9.98. The van der Waals surface area contributed by atoms with Crippen LogP contribution in [0.1, 0.15) is 39.0 Å². The van der Waals surface area contributed by atoms with E-state index < -0.39 is 22.2 Å². The summed E-state index contributed by atoms with van der Waals surface area (Å²) in [5, 5.41) is 19.3. The molecule has 228 valence electrons.